The second-order valence-electron chi connectivity index (χ2n) is 7.64. The first-order valence-corrected chi connectivity index (χ1v) is 9.62. The van der Waals surface area contributed by atoms with Crippen LogP contribution in [0.5, 0.6) is 5.75 Å². The average molecular weight is 446 g/mol. The number of amides is 1. The van der Waals surface area contributed by atoms with Gasteiger partial charge in [-0.2, -0.15) is 0 Å². The third-order valence-electron chi connectivity index (χ3n) is 3.98. The number of carboxylic acid groups (broad SMARTS) is 1. The molecule has 0 saturated heterocycles. The number of nitrogens with one attached hydrogen (secondary N) is 1. The number of aliphatic carboxylic acids is 1. The number of hydrogen-bond acceptors (Lipinski definition) is 6. The number of carbonyl (C=O) groups excluding carboxylic acids is 1. The lowest BCUT2D eigenvalue weighted by molar-refractivity contribution is -0.139. The molecule has 1 heterocycles. The fraction of sp³-hybridized carbons (Fsp3) is 0.227. The van der Waals surface area contributed by atoms with E-state index in [4.69, 9.17) is 30.6 Å². The van der Waals surface area contributed by atoms with Crippen molar-refractivity contribution in [2.45, 2.75) is 26.4 Å². The molecule has 162 valence electrons. The first-order valence-electron chi connectivity index (χ1n) is 9.24. The van der Waals surface area contributed by atoms with Crippen LogP contribution in [0.2, 0.25) is 5.02 Å². The minimum Gasteiger partial charge on any atom is -0.482 e. The molecule has 0 aliphatic rings. The highest BCUT2D eigenvalue weighted by atomic mass is 35.5. The van der Waals surface area contributed by atoms with Crippen LogP contribution in [0.3, 0.4) is 0 Å². The molecule has 2 aromatic carbocycles. The number of fused-ring (bicyclic) bond motifs is 1. The Balaban J connectivity index is 1.94. The van der Waals surface area contributed by atoms with Gasteiger partial charge in [0.05, 0.1) is 5.02 Å². The van der Waals surface area contributed by atoms with E-state index < -0.39 is 29.9 Å². The molecule has 0 unspecified atom stereocenters. The number of rotatable bonds is 5. The van der Waals surface area contributed by atoms with Crippen LogP contribution in [0.4, 0.5) is 10.5 Å². The second kappa shape index (κ2) is 8.69. The van der Waals surface area contributed by atoms with Gasteiger partial charge < -0.3 is 19.0 Å². The van der Waals surface area contributed by atoms with Gasteiger partial charge in [0.1, 0.15) is 16.9 Å². The summed E-state index contributed by atoms with van der Waals surface area (Å²) in [6, 6.07) is 10.8. The summed E-state index contributed by atoms with van der Waals surface area (Å²) in [7, 11) is 0. The fourth-order valence-electron chi connectivity index (χ4n) is 2.83. The van der Waals surface area contributed by atoms with Crippen molar-refractivity contribution in [1.29, 1.82) is 0 Å². The van der Waals surface area contributed by atoms with Gasteiger partial charge in [-0.1, -0.05) is 17.7 Å². The maximum Gasteiger partial charge on any atom is 0.412 e. The Kier molecular flexibility index (Phi) is 6.21. The summed E-state index contributed by atoms with van der Waals surface area (Å²) in [5.41, 5.74) is 0.470. The summed E-state index contributed by atoms with van der Waals surface area (Å²) in [6.45, 7) is 4.75. The summed E-state index contributed by atoms with van der Waals surface area (Å²) in [5, 5.41) is 12.2. The zero-order valence-corrected chi connectivity index (χ0v) is 17.8. The van der Waals surface area contributed by atoms with E-state index in [9.17, 15) is 14.4 Å². The molecule has 1 aromatic heterocycles. The van der Waals surface area contributed by atoms with Crippen molar-refractivity contribution in [3.63, 3.8) is 0 Å². The first-order chi connectivity index (χ1) is 14.5. The molecule has 3 aromatic rings. The molecule has 0 bridgehead atoms. The largest absolute Gasteiger partial charge is 0.482 e. The van der Waals surface area contributed by atoms with Crippen LogP contribution in [0, 0.1) is 0 Å². The van der Waals surface area contributed by atoms with Gasteiger partial charge in [0.25, 0.3) is 0 Å². The minimum atomic E-state index is -1.12. The van der Waals surface area contributed by atoms with Crippen LogP contribution in [0.25, 0.3) is 22.1 Å². The highest BCUT2D eigenvalue weighted by Crippen LogP contribution is 2.35. The van der Waals surface area contributed by atoms with Gasteiger partial charge in [0, 0.05) is 34.3 Å². The molecule has 0 aliphatic carbocycles. The number of benzene rings is 2. The van der Waals surface area contributed by atoms with Crippen molar-refractivity contribution in [2.75, 3.05) is 11.9 Å². The zero-order chi connectivity index (χ0) is 22.8. The van der Waals surface area contributed by atoms with E-state index in [0.29, 0.717) is 27.2 Å². The number of ether oxygens (including phenoxy) is 2. The van der Waals surface area contributed by atoms with Crippen molar-refractivity contribution >= 4 is 40.3 Å². The number of hydrogen-bond donors (Lipinski definition) is 2. The molecule has 1 amide bonds. The Morgan fingerprint density at radius 1 is 1.10 bits per heavy atom. The summed E-state index contributed by atoms with van der Waals surface area (Å²) in [5.74, 6) is -0.875. The van der Waals surface area contributed by atoms with Gasteiger partial charge in [-0.05, 0) is 45.0 Å². The van der Waals surface area contributed by atoms with E-state index in [-0.39, 0.29) is 11.3 Å². The third kappa shape index (κ3) is 5.76. The van der Waals surface area contributed by atoms with Gasteiger partial charge in [-0.25, -0.2) is 14.4 Å². The van der Waals surface area contributed by atoms with Crippen LogP contribution in [0.15, 0.2) is 51.7 Å². The Labute approximate surface area is 182 Å². The number of anilines is 1. The maximum atomic E-state index is 12.1. The van der Waals surface area contributed by atoms with Crippen LogP contribution < -0.4 is 15.7 Å². The van der Waals surface area contributed by atoms with E-state index in [0.717, 1.165) is 0 Å². The van der Waals surface area contributed by atoms with E-state index >= 15 is 0 Å². The SMILES string of the molecule is CC(C)(C)OC(=O)Nc1ccc(-c2cc(=O)oc3cc(OCC(=O)O)ccc23)c(Cl)c1. The maximum absolute atomic E-state index is 12.1. The second-order valence-corrected chi connectivity index (χ2v) is 8.05. The smallest absolute Gasteiger partial charge is 0.412 e. The molecule has 0 radical (unpaired) electrons. The summed E-state index contributed by atoms with van der Waals surface area (Å²) in [4.78, 5) is 34.7. The van der Waals surface area contributed by atoms with Gasteiger partial charge in [-0.3, -0.25) is 5.32 Å². The molecule has 0 fully saturated rings. The van der Waals surface area contributed by atoms with Crippen molar-refractivity contribution in [3.05, 3.63) is 57.9 Å². The average Bonchev–Trinajstić information content (AvgIpc) is 2.64. The molecular formula is C22H20ClNO7. The van der Waals surface area contributed by atoms with Crippen LogP contribution in [0.1, 0.15) is 20.8 Å². The van der Waals surface area contributed by atoms with Crippen LogP contribution in [-0.4, -0.2) is 29.4 Å². The Morgan fingerprint density at radius 2 is 1.84 bits per heavy atom. The van der Waals surface area contributed by atoms with Crippen molar-refractivity contribution in [2.24, 2.45) is 0 Å². The number of carboxylic acids is 1. The van der Waals surface area contributed by atoms with Gasteiger partial charge in [0.2, 0.25) is 0 Å². The monoisotopic (exact) mass is 445 g/mol. The normalized spacial score (nSPS) is 11.2. The van der Waals surface area contributed by atoms with E-state index in [1.54, 1.807) is 51.1 Å². The van der Waals surface area contributed by atoms with Crippen molar-refractivity contribution in [1.82, 2.24) is 0 Å². The third-order valence-corrected chi connectivity index (χ3v) is 4.30. The molecule has 0 saturated carbocycles. The predicted octanol–water partition coefficient (Wildman–Crippen LogP) is 4.92. The lowest BCUT2D eigenvalue weighted by Crippen LogP contribution is -2.27. The van der Waals surface area contributed by atoms with E-state index in [1.165, 1.54) is 12.1 Å². The Morgan fingerprint density at radius 3 is 2.48 bits per heavy atom. The lowest BCUT2D eigenvalue weighted by atomic mass is 10.0. The highest BCUT2D eigenvalue weighted by Gasteiger charge is 2.17. The standard InChI is InChI=1S/C22H20ClNO7/c1-22(2,3)31-21(28)24-12-4-6-14(17(23)8-12)16-10-20(27)30-18-9-13(5-7-15(16)18)29-11-19(25)26/h4-10H,11H2,1-3H3,(H,24,28)(H,25,26). The van der Waals surface area contributed by atoms with Gasteiger partial charge in [0.15, 0.2) is 6.61 Å². The van der Waals surface area contributed by atoms with Crippen LogP contribution in [-0.2, 0) is 9.53 Å². The van der Waals surface area contributed by atoms with E-state index in [1.807, 2.05) is 0 Å². The fourth-order valence-corrected chi connectivity index (χ4v) is 3.12. The summed E-state index contributed by atoms with van der Waals surface area (Å²) in [6.07, 6.45) is -0.615. The van der Waals surface area contributed by atoms with Crippen molar-refractivity contribution in [3.8, 4) is 16.9 Å². The molecule has 31 heavy (non-hydrogen) atoms. The first kappa shape index (κ1) is 22.2. The molecule has 0 spiro atoms. The number of halogens is 1. The number of carbonyl (C=O) groups is 2. The highest BCUT2D eigenvalue weighted by molar-refractivity contribution is 6.34. The minimum absolute atomic E-state index is 0.220. The zero-order valence-electron chi connectivity index (χ0n) is 17.0. The Hall–Kier alpha value is -3.52. The molecule has 9 heteroatoms. The Bertz CT molecular complexity index is 1210. The quantitative estimate of drug-likeness (QED) is 0.535. The molecule has 3 rings (SSSR count). The van der Waals surface area contributed by atoms with Crippen molar-refractivity contribution < 1.29 is 28.6 Å². The lowest BCUT2D eigenvalue weighted by Gasteiger charge is -2.20. The summed E-state index contributed by atoms with van der Waals surface area (Å²) >= 11 is 6.43. The van der Waals surface area contributed by atoms with E-state index in [2.05, 4.69) is 5.32 Å². The molecule has 0 atom stereocenters. The van der Waals surface area contributed by atoms with Gasteiger partial charge >= 0.3 is 17.7 Å². The molecule has 0 aliphatic heterocycles. The van der Waals surface area contributed by atoms with Crippen LogP contribution >= 0.6 is 11.6 Å². The molecular weight excluding hydrogens is 426 g/mol. The topological polar surface area (TPSA) is 115 Å². The molecule has 8 nitrogen and oxygen atoms in total. The molecule has 2 N–H and O–H groups in total. The summed E-state index contributed by atoms with van der Waals surface area (Å²) < 4.78 is 15.6. The predicted molar refractivity (Wildman–Crippen MR) is 116 cm³/mol. The van der Waals surface area contributed by atoms with Gasteiger partial charge in [-0.15, -0.1) is 0 Å².